The third-order valence-corrected chi connectivity index (χ3v) is 0.981. The Morgan fingerprint density at radius 1 is 1.45 bits per heavy atom. The van der Waals surface area contributed by atoms with Crippen LogP contribution in [0.15, 0.2) is 0 Å². The molecule has 0 fully saturated rings. The molecule has 0 rings (SSSR count). The monoisotopic (exact) mass is 147 g/mol. The first-order chi connectivity index (χ1) is 5.22. The molecule has 0 aromatic carbocycles. The van der Waals surface area contributed by atoms with Crippen LogP contribution in [0.4, 0.5) is 0 Å². The van der Waals surface area contributed by atoms with Crippen LogP contribution in [0.3, 0.4) is 0 Å². The van der Waals surface area contributed by atoms with Crippen molar-refractivity contribution < 1.29 is 9.59 Å². The molecule has 0 aliphatic rings. The largest absolute Gasteiger partial charge is 0.284 e. The fraction of sp³-hybridized carbons (Fsp3) is 0.333. The summed E-state index contributed by atoms with van der Waals surface area (Å²) < 4.78 is 0. The maximum absolute atomic E-state index is 10.8. The van der Waals surface area contributed by atoms with E-state index in [1.54, 1.807) is 13.8 Å². The van der Waals surface area contributed by atoms with Gasteiger partial charge in [-0.1, -0.05) is 11.8 Å². The van der Waals surface area contributed by atoms with Crippen LogP contribution >= 0.6 is 0 Å². The molecule has 0 aromatic rings. The molecule has 1 radical (unpaired) electrons. The fourth-order valence-corrected chi connectivity index (χ4v) is 0.435. The number of hydrogen-bond acceptors (Lipinski definition) is 2. The Kier molecular flexibility index (Phi) is 4.52. The van der Waals surface area contributed by atoms with Gasteiger partial charge in [0, 0.05) is 0 Å². The lowest BCUT2D eigenvalue weighted by atomic mass is 10.1. The molecule has 0 bridgehead atoms. The van der Waals surface area contributed by atoms with Gasteiger partial charge in [-0.05, 0) is 25.7 Å². The van der Waals surface area contributed by atoms with Gasteiger partial charge in [-0.3, -0.25) is 9.59 Å². The van der Waals surface area contributed by atoms with Gasteiger partial charge in [0.2, 0.25) is 5.78 Å². The maximum atomic E-state index is 10.8. The Labute approximate surface area is 66.0 Å². The van der Waals surface area contributed by atoms with E-state index in [9.17, 15) is 9.59 Å². The maximum Gasteiger partial charge on any atom is 0.284 e. The van der Waals surface area contributed by atoms with Gasteiger partial charge >= 0.3 is 0 Å². The third-order valence-electron chi connectivity index (χ3n) is 0.981. The Morgan fingerprint density at radius 3 is 2.55 bits per heavy atom. The normalized spacial score (nSPS) is 9.64. The zero-order valence-electron chi connectivity index (χ0n) is 6.39. The van der Waals surface area contributed by atoms with E-state index in [2.05, 4.69) is 17.8 Å². The third kappa shape index (κ3) is 3.95. The highest BCUT2D eigenvalue weighted by Gasteiger charge is 2.04. The predicted molar refractivity (Wildman–Crippen MR) is 41.1 cm³/mol. The number of Topliss-reactive ketones (excluding diaryl/α,β-unsaturated/α-hetero) is 1. The lowest BCUT2D eigenvalue weighted by molar-refractivity contribution is -0.115. The van der Waals surface area contributed by atoms with Crippen LogP contribution in [0.2, 0.25) is 0 Å². The van der Waals surface area contributed by atoms with Gasteiger partial charge in [-0.25, -0.2) is 0 Å². The second-order valence-corrected chi connectivity index (χ2v) is 1.83. The second kappa shape index (κ2) is 5.26. The van der Waals surface area contributed by atoms with Crippen LogP contribution in [0.5, 0.6) is 0 Å². The van der Waals surface area contributed by atoms with Crippen LogP contribution in [-0.4, -0.2) is 12.1 Å². The molecule has 1 unspecified atom stereocenters. The lowest BCUT2D eigenvalue weighted by Gasteiger charge is -1.91. The number of hydrogen-bond donors (Lipinski definition) is 0. The van der Waals surface area contributed by atoms with Crippen molar-refractivity contribution in [3.05, 3.63) is 0 Å². The summed E-state index contributed by atoms with van der Waals surface area (Å²) in [4.78, 5) is 20.5. The Balaban J connectivity index is 4.21. The van der Waals surface area contributed by atoms with Gasteiger partial charge in [-0.15, -0.1) is 0 Å². The summed E-state index contributed by atoms with van der Waals surface area (Å²) in [6, 6.07) is 0. The molecule has 0 spiro atoms. The molecule has 2 heteroatoms. The summed E-state index contributed by atoms with van der Waals surface area (Å²) in [6.45, 7) is 3.17. The molecular formula is C9H7O2. The zero-order chi connectivity index (χ0) is 8.69. The number of carbonyl (C=O) groups excluding carboxylic acids is 2. The highest BCUT2D eigenvalue weighted by atomic mass is 16.1. The van der Waals surface area contributed by atoms with Gasteiger partial charge in [0.25, 0.3) is 6.29 Å². The van der Waals surface area contributed by atoms with Gasteiger partial charge in [-0.2, -0.15) is 0 Å². The Morgan fingerprint density at radius 2 is 2.09 bits per heavy atom. The molecule has 1 atom stereocenters. The molecule has 0 aromatic heterocycles. The quantitative estimate of drug-likeness (QED) is 0.395. The topological polar surface area (TPSA) is 34.1 Å². The molecule has 11 heavy (non-hydrogen) atoms. The van der Waals surface area contributed by atoms with Crippen molar-refractivity contribution >= 4 is 12.1 Å². The minimum atomic E-state index is -0.496. The summed E-state index contributed by atoms with van der Waals surface area (Å²) in [6.07, 6.45) is 1.38. The minimum absolute atomic E-state index is 0.268. The lowest BCUT2D eigenvalue weighted by Crippen LogP contribution is -2.05. The summed E-state index contributed by atoms with van der Waals surface area (Å²) in [5.41, 5.74) is 0. The second-order valence-electron chi connectivity index (χ2n) is 1.83. The first kappa shape index (κ1) is 9.46. The molecule has 0 saturated heterocycles. The summed E-state index contributed by atoms with van der Waals surface area (Å²) in [5, 5.41) is 0. The van der Waals surface area contributed by atoms with Crippen molar-refractivity contribution in [1.82, 2.24) is 0 Å². The molecule has 55 valence electrons. The minimum Gasteiger partial charge on any atom is -0.283 e. The van der Waals surface area contributed by atoms with Crippen LogP contribution < -0.4 is 0 Å². The van der Waals surface area contributed by atoms with Gasteiger partial charge < -0.3 is 0 Å². The van der Waals surface area contributed by atoms with Crippen LogP contribution in [0, 0.1) is 29.6 Å². The van der Waals surface area contributed by atoms with Crippen molar-refractivity contribution in [2.24, 2.45) is 5.92 Å². The highest BCUT2D eigenvalue weighted by Crippen LogP contribution is 1.91. The standard InChI is InChI=1S/C9H7O2/c1-3-5-9(11)8(2)6-4-7-10/h8H,1-2H3. The van der Waals surface area contributed by atoms with E-state index in [4.69, 9.17) is 0 Å². The highest BCUT2D eigenvalue weighted by molar-refractivity contribution is 5.99. The summed E-state index contributed by atoms with van der Waals surface area (Å²) >= 11 is 0. The average molecular weight is 147 g/mol. The first-order valence-electron chi connectivity index (χ1n) is 3.06. The van der Waals surface area contributed by atoms with Crippen LogP contribution in [0.1, 0.15) is 13.8 Å². The zero-order valence-corrected chi connectivity index (χ0v) is 6.39. The van der Waals surface area contributed by atoms with E-state index in [0.29, 0.717) is 0 Å². The van der Waals surface area contributed by atoms with Crippen molar-refractivity contribution in [3.8, 4) is 23.7 Å². The molecule has 2 nitrogen and oxygen atoms in total. The van der Waals surface area contributed by atoms with E-state index < -0.39 is 5.92 Å². The molecule has 0 heterocycles. The van der Waals surface area contributed by atoms with E-state index in [1.807, 2.05) is 5.92 Å². The molecule has 0 saturated carbocycles. The van der Waals surface area contributed by atoms with E-state index in [0.717, 1.165) is 0 Å². The summed E-state index contributed by atoms with van der Waals surface area (Å²) in [7, 11) is 0. The molecule has 0 aliphatic heterocycles. The molecule has 0 amide bonds. The van der Waals surface area contributed by atoms with E-state index in [1.165, 1.54) is 6.29 Å². The summed E-state index contributed by atoms with van der Waals surface area (Å²) in [5.74, 6) is 8.46. The average Bonchev–Trinajstić information content (AvgIpc) is 2.00. The number of carbonyl (C=O) groups is 1. The van der Waals surface area contributed by atoms with Gasteiger partial charge in [0.15, 0.2) is 0 Å². The SMILES string of the molecule is CC#CC(=O)C(C)C#C[C]=O. The van der Waals surface area contributed by atoms with Crippen LogP contribution in [-0.2, 0) is 9.59 Å². The molecule has 0 N–H and O–H groups in total. The Hall–Kier alpha value is -1.54. The Bertz CT molecular complexity index is 267. The van der Waals surface area contributed by atoms with Gasteiger partial charge in [0.1, 0.15) is 0 Å². The molecular weight excluding hydrogens is 140 g/mol. The number of rotatable bonds is 1. The van der Waals surface area contributed by atoms with E-state index >= 15 is 0 Å². The van der Waals surface area contributed by atoms with Gasteiger partial charge in [0.05, 0.1) is 5.92 Å². The molecule has 0 aliphatic carbocycles. The van der Waals surface area contributed by atoms with Crippen molar-refractivity contribution in [2.75, 3.05) is 0 Å². The van der Waals surface area contributed by atoms with Crippen molar-refractivity contribution in [1.29, 1.82) is 0 Å². The first-order valence-corrected chi connectivity index (χ1v) is 3.06. The van der Waals surface area contributed by atoms with E-state index in [-0.39, 0.29) is 5.78 Å². The number of ketones is 1. The van der Waals surface area contributed by atoms with Crippen LogP contribution in [0.25, 0.3) is 0 Å². The van der Waals surface area contributed by atoms with Crippen molar-refractivity contribution in [3.63, 3.8) is 0 Å². The fourth-order valence-electron chi connectivity index (χ4n) is 0.435. The smallest absolute Gasteiger partial charge is 0.283 e. The van der Waals surface area contributed by atoms with Crippen molar-refractivity contribution in [2.45, 2.75) is 13.8 Å². The predicted octanol–water partition coefficient (Wildman–Crippen LogP) is 0.328.